The van der Waals surface area contributed by atoms with Crippen molar-refractivity contribution in [3.8, 4) is 5.75 Å². The van der Waals surface area contributed by atoms with E-state index in [1.807, 2.05) is 54.6 Å². The molecule has 0 amide bonds. The molecule has 25 heavy (non-hydrogen) atoms. The Balaban J connectivity index is 1.39. The molecule has 1 spiro atoms. The van der Waals surface area contributed by atoms with Crippen LogP contribution in [0.1, 0.15) is 42.6 Å². The zero-order valence-corrected chi connectivity index (χ0v) is 14.3. The Morgan fingerprint density at radius 3 is 2.48 bits per heavy atom. The fraction of sp³-hybridized carbons (Fsp3) is 0.429. The van der Waals surface area contributed by atoms with E-state index in [-0.39, 0.29) is 5.60 Å². The summed E-state index contributed by atoms with van der Waals surface area (Å²) in [6, 6.07) is 17.6. The number of hydrogen-bond acceptors (Lipinski definition) is 4. The summed E-state index contributed by atoms with van der Waals surface area (Å²) in [7, 11) is 0. The molecule has 0 aromatic heterocycles. The summed E-state index contributed by atoms with van der Waals surface area (Å²) in [6.07, 6.45) is 1.49. The minimum atomic E-state index is -0.464. The molecule has 0 saturated carbocycles. The van der Waals surface area contributed by atoms with Gasteiger partial charge in [-0.2, -0.15) is 0 Å². The van der Waals surface area contributed by atoms with Crippen LogP contribution in [0.15, 0.2) is 54.6 Å². The molecule has 0 bridgehead atoms. The third kappa shape index (κ3) is 3.43. The molecule has 1 saturated heterocycles. The summed E-state index contributed by atoms with van der Waals surface area (Å²) in [6.45, 7) is 2.39. The number of β-amino-alcohol motifs (C(OH)–C–C–N with tert-alkyl or cyclic N) is 1. The summed E-state index contributed by atoms with van der Waals surface area (Å²) in [5.74, 6) is 0.819. The number of ether oxygens (including phenoxy) is 1. The van der Waals surface area contributed by atoms with Crippen LogP contribution in [0.25, 0.3) is 0 Å². The van der Waals surface area contributed by atoms with E-state index >= 15 is 0 Å². The number of fused-ring (bicyclic) bond motifs is 1. The molecule has 2 aromatic carbocycles. The lowest BCUT2D eigenvalue weighted by Gasteiger charge is -2.46. The molecule has 2 heterocycles. The van der Waals surface area contributed by atoms with Crippen LogP contribution in [-0.2, 0) is 0 Å². The van der Waals surface area contributed by atoms with E-state index < -0.39 is 12.2 Å². The maximum Gasteiger partial charge on any atom is 0.125 e. The third-order valence-electron chi connectivity index (χ3n) is 5.55. The zero-order valence-electron chi connectivity index (χ0n) is 14.3. The van der Waals surface area contributed by atoms with Crippen molar-refractivity contribution in [1.29, 1.82) is 0 Å². The van der Waals surface area contributed by atoms with Crippen LogP contribution >= 0.6 is 0 Å². The second-order valence-electron chi connectivity index (χ2n) is 7.27. The Morgan fingerprint density at radius 1 is 1.04 bits per heavy atom. The Bertz CT molecular complexity index is 710. The number of aliphatic hydroxyl groups is 2. The normalized spacial score (nSPS) is 23.7. The van der Waals surface area contributed by atoms with Crippen LogP contribution in [0, 0.1) is 0 Å². The lowest BCUT2D eigenvalue weighted by atomic mass is 9.81. The molecule has 2 aliphatic heterocycles. The molecule has 0 unspecified atom stereocenters. The molecule has 2 N–H and O–H groups in total. The van der Waals surface area contributed by atoms with Crippen LogP contribution in [0.3, 0.4) is 0 Å². The predicted octanol–water partition coefficient (Wildman–Crippen LogP) is 3.07. The van der Waals surface area contributed by atoms with Crippen LogP contribution in [0.4, 0.5) is 0 Å². The van der Waals surface area contributed by atoms with Gasteiger partial charge in [0.05, 0.1) is 12.2 Å². The molecule has 1 fully saturated rings. The molecule has 4 nitrogen and oxygen atoms in total. The molecule has 4 heteroatoms. The Hall–Kier alpha value is -1.88. The van der Waals surface area contributed by atoms with Gasteiger partial charge in [0, 0.05) is 31.6 Å². The standard InChI is InChI=1S/C21H25NO3/c23-18-14-21(25-20-9-5-4-8-17(18)20)10-12-22(13-11-21)15-19(24)16-6-2-1-3-7-16/h1-9,18-19,23-24H,10-15H2/t18-,19+/m0/s1. The highest BCUT2D eigenvalue weighted by Gasteiger charge is 2.42. The number of para-hydroxylation sites is 1. The summed E-state index contributed by atoms with van der Waals surface area (Å²) in [4.78, 5) is 2.29. The average Bonchev–Trinajstić information content (AvgIpc) is 2.64. The van der Waals surface area contributed by atoms with Crippen molar-refractivity contribution in [3.63, 3.8) is 0 Å². The fourth-order valence-corrected chi connectivity index (χ4v) is 4.06. The highest BCUT2D eigenvalue weighted by molar-refractivity contribution is 5.38. The van der Waals surface area contributed by atoms with Gasteiger partial charge in [-0.15, -0.1) is 0 Å². The van der Waals surface area contributed by atoms with E-state index in [0.29, 0.717) is 13.0 Å². The Morgan fingerprint density at radius 2 is 1.72 bits per heavy atom. The van der Waals surface area contributed by atoms with Gasteiger partial charge in [-0.1, -0.05) is 48.5 Å². The van der Waals surface area contributed by atoms with Crippen LogP contribution < -0.4 is 4.74 Å². The van der Waals surface area contributed by atoms with Crippen molar-refractivity contribution in [1.82, 2.24) is 4.90 Å². The molecule has 132 valence electrons. The van der Waals surface area contributed by atoms with E-state index in [2.05, 4.69) is 4.90 Å². The summed E-state index contributed by atoms with van der Waals surface area (Å²) < 4.78 is 6.32. The lowest BCUT2D eigenvalue weighted by molar-refractivity contribution is -0.0587. The van der Waals surface area contributed by atoms with Crippen LogP contribution in [0.5, 0.6) is 5.75 Å². The summed E-state index contributed by atoms with van der Waals surface area (Å²) >= 11 is 0. The molecule has 4 rings (SSSR count). The van der Waals surface area contributed by atoms with Crippen molar-refractivity contribution in [2.75, 3.05) is 19.6 Å². The fourth-order valence-electron chi connectivity index (χ4n) is 4.06. The number of piperidine rings is 1. The van der Waals surface area contributed by atoms with Gasteiger partial charge in [-0.25, -0.2) is 0 Å². The maximum atomic E-state index is 10.5. The highest BCUT2D eigenvalue weighted by Crippen LogP contribution is 2.44. The Kier molecular flexibility index (Phi) is 4.50. The van der Waals surface area contributed by atoms with Gasteiger partial charge in [-0.3, -0.25) is 0 Å². The second kappa shape index (κ2) is 6.79. The third-order valence-corrected chi connectivity index (χ3v) is 5.55. The summed E-state index contributed by atoms with van der Waals surface area (Å²) in [5.41, 5.74) is 1.58. The Labute approximate surface area is 148 Å². The van der Waals surface area contributed by atoms with E-state index in [4.69, 9.17) is 4.74 Å². The van der Waals surface area contributed by atoms with Crippen LogP contribution in [0.2, 0.25) is 0 Å². The first-order chi connectivity index (χ1) is 12.2. The van der Waals surface area contributed by atoms with Gasteiger partial charge in [-0.05, 0) is 24.5 Å². The van der Waals surface area contributed by atoms with Gasteiger partial charge in [0.1, 0.15) is 11.4 Å². The summed E-state index contributed by atoms with van der Waals surface area (Å²) in [5, 5.41) is 20.9. The molecule has 2 atom stereocenters. The van der Waals surface area contributed by atoms with E-state index in [0.717, 1.165) is 42.8 Å². The minimum absolute atomic E-state index is 0.276. The first-order valence-electron chi connectivity index (χ1n) is 9.07. The van der Waals surface area contributed by atoms with Gasteiger partial charge in [0.2, 0.25) is 0 Å². The van der Waals surface area contributed by atoms with Crippen molar-refractivity contribution in [2.45, 2.75) is 37.1 Å². The average molecular weight is 339 g/mol. The van der Waals surface area contributed by atoms with Gasteiger partial charge in [0.25, 0.3) is 0 Å². The van der Waals surface area contributed by atoms with Crippen molar-refractivity contribution in [3.05, 3.63) is 65.7 Å². The van der Waals surface area contributed by atoms with E-state index in [9.17, 15) is 10.2 Å². The number of hydrogen-bond donors (Lipinski definition) is 2. The number of rotatable bonds is 3. The number of nitrogens with zero attached hydrogens (tertiary/aromatic N) is 1. The van der Waals surface area contributed by atoms with Gasteiger partial charge < -0.3 is 19.8 Å². The number of likely N-dealkylation sites (tertiary alicyclic amines) is 1. The zero-order chi connectivity index (χ0) is 17.3. The minimum Gasteiger partial charge on any atom is -0.487 e. The number of benzene rings is 2. The molecule has 0 aliphatic carbocycles. The first-order valence-corrected chi connectivity index (χ1v) is 9.07. The monoisotopic (exact) mass is 339 g/mol. The van der Waals surface area contributed by atoms with Crippen LogP contribution in [-0.4, -0.2) is 40.3 Å². The predicted molar refractivity (Wildman–Crippen MR) is 96.5 cm³/mol. The quantitative estimate of drug-likeness (QED) is 0.902. The van der Waals surface area contributed by atoms with Gasteiger partial charge >= 0.3 is 0 Å². The molecule has 2 aliphatic rings. The van der Waals surface area contributed by atoms with Crippen molar-refractivity contribution >= 4 is 0 Å². The first kappa shape index (κ1) is 16.6. The number of aliphatic hydroxyl groups excluding tert-OH is 2. The lowest BCUT2D eigenvalue weighted by Crippen LogP contribution is -2.51. The molecule has 2 aromatic rings. The second-order valence-corrected chi connectivity index (χ2v) is 7.27. The van der Waals surface area contributed by atoms with Crippen molar-refractivity contribution < 1.29 is 14.9 Å². The maximum absolute atomic E-state index is 10.5. The molecular formula is C21H25NO3. The van der Waals surface area contributed by atoms with Crippen molar-refractivity contribution in [2.24, 2.45) is 0 Å². The topological polar surface area (TPSA) is 52.9 Å². The molecule has 0 radical (unpaired) electrons. The van der Waals surface area contributed by atoms with E-state index in [1.54, 1.807) is 0 Å². The largest absolute Gasteiger partial charge is 0.487 e. The van der Waals surface area contributed by atoms with Gasteiger partial charge in [0.15, 0.2) is 0 Å². The van der Waals surface area contributed by atoms with E-state index in [1.165, 1.54) is 0 Å². The molecular weight excluding hydrogens is 314 g/mol. The SMILES string of the molecule is O[C@H](CN1CCC2(CC1)C[C@H](O)c1ccccc1O2)c1ccccc1. The smallest absolute Gasteiger partial charge is 0.125 e. The highest BCUT2D eigenvalue weighted by atomic mass is 16.5.